The molecule has 1 saturated heterocycles. The maximum Gasteiger partial charge on any atom is 0.343 e. The number of imide groups is 2. The highest BCUT2D eigenvalue weighted by molar-refractivity contribution is 9.10. The average molecular weight is 553 g/mol. The second-order valence-corrected chi connectivity index (χ2v) is 9.07. The molecule has 6 nitrogen and oxygen atoms in total. The molecule has 0 radical (unpaired) electrons. The summed E-state index contributed by atoms with van der Waals surface area (Å²) in [6.07, 6.45) is 1.48. The van der Waals surface area contributed by atoms with Gasteiger partial charge in [0.2, 0.25) is 0 Å². The third-order valence-electron chi connectivity index (χ3n) is 5.84. The number of rotatable bonds is 6. The first-order valence-electron chi connectivity index (χ1n) is 11.5. The molecule has 0 aliphatic carbocycles. The van der Waals surface area contributed by atoms with Gasteiger partial charge in [-0.05, 0) is 42.5 Å². The van der Waals surface area contributed by atoms with Crippen LogP contribution in [0.1, 0.15) is 11.1 Å². The molecule has 7 heteroatoms. The fourth-order valence-electron chi connectivity index (χ4n) is 4.00. The van der Waals surface area contributed by atoms with Gasteiger partial charge in [0.15, 0.2) is 0 Å². The van der Waals surface area contributed by atoms with Gasteiger partial charge in [0.1, 0.15) is 17.9 Å². The van der Waals surface area contributed by atoms with Crippen molar-refractivity contribution in [2.45, 2.75) is 6.61 Å². The van der Waals surface area contributed by atoms with Crippen LogP contribution in [0.25, 0.3) is 6.08 Å². The Balaban J connectivity index is 1.56. The molecule has 1 aliphatic rings. The van der Waals surface area contributed by atoms with Gasteiger partial charge in [-0.2, -0.15) is 0 Å². The average Bonchev–Trinajstić information content (AvgIpc) is 2.92. The maximum atomic E-state index is 13.6. The number of ether oxygens (including phenoxy) is 1. The Kier molecular flexibility index (Phi) is 6.96. The number of halogens is 1. The quantitative estimate of drug-likeness (QED) is 0.199. The Hall–Kier alpha value is -4.49. The standard InChI is InChI=1S/C30H21BrN2O4/c31-26-17-9-7-12-22(26)20-37-27-18-10-8-11-21(27)19-25-28(34)32(23-13-3-1-4-14-23)30(36)33(29(25)35)24-15-5-2-6-16-24/h1-19H,20H2. The maximum absolute atomic E-state index is 13.6. The Bertz CT molecular complexity index is 1440. The van der Waals surface area contributed by atoms with Crippen LogP contribution < -0.4 is 14.5 Å². The molecule has 0 aromatic heterocycles. The van der Waals surface area contributed by atoms with Gasteiger partial charge in [-0.25, -0.2) is 14.6 Å². The molecule has 37 heavy (non-hydrogen) atoms. The highest BCUT2D eigenvalue weighted by Gasteiger charge is 2.43. The lowest BCUT2D eigenvalue weighted by atomic mass is 10.0. The summed E-state index contributed by atoms with van der Waals surface area (Å²) in [6, 6.07) is 31.2. The largest absolute Gasteiger partial charge is 0.488 e. The molecule has 1 heterocycles. The fourth-order valence-corrected chi connectivity index (χ4v) is 4.40. The molecule has 0 saturated carbocycles. The zero-order valence-corrected chi connectivity index (χ0v) is 21.2. The zero-order chi connectivity index (χ0) is 25.8. The Labute approximate surface area is 222 Å². The van der Waals surface area contributed by atoms with E-state index < -0.39 is 17.8 Å². The Morgan fingerprint density at radius 3 is 1.76 bits per heavy atom. The van der Waals surface area contributed by atoms with Crippen molar-refractivity contribution in [2.75, 3.05) is 9.80 Å². The van der Waals surface area contributed by atoms with Crippen LogP contribution in [0.2, 0.25) is 0 Å². The number of para-hydroxylation sites is 3. The van der Waals surface area contributed by atoms with E-state index in [9.17, 15) is 14.4 Å². The van der Waals surface area contributed by atoms with Crippen molar-refractivity contribution in [1.29, 1.82) is 0 Å². The number of nitrogens with zero attached hydrogens (tertiary/aromatic N) is 2. The number of anilines is 2. The van der Waals surface area contributed by atoms with E-state index >= 15 is 0 Å². The van der Waals surface area contributed by atoms with Crippen LogP contribution in [-0.2, 0) is 16.2 Å². The van der Waals surface area contributed by atoms with E-state index in [0.717, 1.165) is 19.8 Å². The number of hydrogen-bond acceptors (Lipinski definition) is 4. The molecular weight excluding hydrogens is 532 g/mol. The monoisotopic (exact) mass is 552 g/mol. The summed E-state index contributed by atoms with van der Waals surface area (Å²) in [5.74, 6) is -0.899. The van der Waals surface area contributed by atoms with E-state index in [-0.39, 0.29) is 12.2 Å². The van der Waals surface area contributed by atoms with E-state index in [1.807, 2.05) is 30.3 Å². The van der Waals surface area contributed by atoms with Crippen LogP contribution in [0, 0.1) is 0 Å². The third kappa shape index (κ3) is 4.94. The summed E-state index contributed by atoms with van der Waals surface area (Å²) >= 11 is 3.52. The van der Waals surface area contributed by atoms with Crippen LogP contribution in [0.5, 0.6) is 5.75 Å². The second kappa shape index (κ2) is 10.6. The molecule has 4 aromatic rings. The molecular formula is C30H21BrN2O4. The predicted octanol–water partition coefficient (Wildman–Crippen LogP) is 6.61. The first-order valence-corrected chi connectivity index (χ1v) is 12.3. The topological polar surface area (TPSA) is 66.9 Å². The minimum absolute atomic E-state index is 0.149. The summed E-state index contributed by atoms with van der Waals surface area (Å²) in [4.78, 5) is 42.7. The van der Waals surface area contributed by atoms with Gasteiger partial charge in [0.25, 0.3) is 11.8 Å². The van der Waals surface area contributed by atoms with E-state index in [2.05, 4.69) is 15.9 Å². The molecule has 182 valence electrons. The van der Waals surface area contributed by atoms with Crippen molar-refractivity contribution in [3.8, 4) is 5.75 Å². The number of barbiturate groups is 1. The highest BCUT2D eigenvalue weighted by Crippen LogP contribution is 2.31. The molecule has 4 amide bonds. The van der Waals surface area contributed by atoms with Crippen molar-refractivity contribution < 1.29 is 19.1 Å². The van der Waals surface area contributed by atoms with Crippen LogP contribution in [-0.4, -0.2) is 17.8 Å². The number of benzene rings is 4. The molecule has 1 fully saturated rings. The van der Waals surface area contributed by atoms with Crippen molar-refractivity contribution >= 4 is 51.2 Å². The van der Waals surface area contributed by atoms with Crippen molar-refractivity contribution in [2.24, 2.45) is 0 Å². The van der Waals surface area contributed by atoms with Crippen molar-refractivity contribution in [3.63, 3.8) is 0 Å². The molecule has 0 bridgehead atoms. The number of amides is 4. The summed E-state index contributed by atoms with van der Waals surface area (Å²) < 4.78 is 6.98. The van der Waals surface area contributed by atoms with Crippen LogP contribution in [0.15, 0.2) is 119 Å². The molecule has 0 spiro atoms. The first kappa shape index (κ1) is 24.2. The van der Waals surface area contributed by atoms with E-state index in [4.69, 9.17) is 4.74 Å². The lowest BCUT2D eigenvalue weighted by Crippen LogP contribution is -2.57. The van der Waals surface area contributed by atoms with Gasteiger partial charge in [-0.3, -0.25) is 9.59 Å². The third-order valence-corrected chi connectivity index (χ3v) is 6.61. The van der Waals surface area contributed by atoms with Gasteiger partial charge >= 0.3 is 6.03 Å². The summed E-state index contributed by atoms with van der Waals surface area (Å²) in [6.45, 7) is 0.286. The van der Waals surface area contributed by atoms with E-state index in [0.29, 0.717) is 22.7 Å². The molecule has 4 aromatic carbocycles. The van der Waals surface area contributed by atoms with Gasteiger partial charge < -0.3 is 4.74 Å². The second-order valence-electron chi connectivity index (χ2n) is 8.21. The predicted molar refractivity (Wildman–Crippen MR) is 146 cm³/mol. The van der Waals surface area contributed by atoms with Crippen LogP contribution in [0.3, 0.4) is 0 Å². The molecule has 0 N–H and O–H groups in total. The summed E-state index contributed by atoms with van der Waals surface area (Å²) in [5.41, 5.74) is 2.09. The van der Waals surface area contributed by atoms with E-state index in [1.165, 1.54) is 6.08 Å². The molecule has 0 unspecified atom stereocenters. The van der Waals surface area contributed by atoms with Crippen LogP contribution >= 0.6 is 15.9 Å². The summed E-state index contributed by atoms with van der Waals surface area (Å²) in [7, 11) is 0. The molecule has 0 atom stereocenters. The van der Waals surface area contributed by atoms with Gasteiger partial charge in [-0.15, -0.1) is 0 Å². The number of carbonyl (C=O) groups excluding carboxylic acids is 3. The highest BCUT2D eigenvalue weighted by atomic mass is 79.9. The SMILES string of the molecule is O=C1C(=Cc2ccccc2OCc2ccccc2Br)C(=O)N(c2ccccc2)C(=O)N1c1ccccc1. The van der Waals surface area contributed by atoms with Crippen LogP contribution in [0.4, 0.5) is 16.2 Å². The zero-order valence-electron chi connectivity index (χ0n) is 19.6. The fraction of sp³-hybridized carbons (Fsp3) is 0.0333. The minimum Gasteiger partial charge on any atom is -0.488 e. The van der Waals surface area contributed by atoms with E-state index in [1.54, 1.807) is 78.9 Å². The number of carbonyl (C=O) groups is 3. The molecule has 1 aliphatic heterocycles. The van der Waals surface area contributed by atoms with Crippen molar-refractivity contribution in [3.05, 3.63) is 130 Å². The normalized spacial score (nSPS) is 13.6. The Morgan fingerprint density at radius 1 is 0.649 bits per heavy atom. The lowest BCUT2D eigenvalue weighted by Gasteiger charge is -2.34. The summed E-state index contributed by atoms with van der Waals surface area (Å²) in [5, 5.41) is 0. The van der Waals surface area contributed by atoms with Gasteiger partial charge in [-0.1, -0.05) is 88.7 Å². The Morgan fingerprint density at radius 2 is 1.16 bits per heavy atom. The van der Waals surface area contributed by atoms with Gasteiger partial charge in [0, 0.05) is 15.6 Å². The van der Waals surface area contributed by atoms with Crippen molar-refractivity contribution in [1.82, 2.24) is 0 Å². The first-order chi connectivity index (χ1) is 18.0. The molecule has 5 rings (SSSR count). The van der Waals surface area contributed by atoms with Gasteiger partial charge in [0.05, 0.1) is 11.4 Å². The minimum atomic E-state index is -0.733. The smallest absolute Gasteiger partial charge is 0.343 e. The number of urea groups is 1. The number of hydrogen-bond donors (Lipinski definition) is 0. The lowest BCUT2D eigenvalue weighted by molar-refractivity contribution is -0.121.